The number of hydrogen-bond acceptors (Lipinski definition) is 8. The van der Waals surface area contributed by atoms with E-state index in [-0.39, 0.29) is 6.61 Å². The maximum absolute atomic E-state index is 12.4. The van der Waals surface area contributed by atoms with E-state index in [2.05, 4.69) is 31.2 Å². The number of aliphatic hydroxyl groups excluding tert-OH is 2. The molecular formula is C19H20BrN5O6. The molecule has 0 unspecified atom stereocenters. The maximum Gasteiger partial charge on any atom is 0.330 e. The Balaban J connectivity index is 1.61. The van der Waals surface area contributed by atoms with Gasteiger partial charge in [0.1, 0.15) is 36.3 Å². The van der Waals surface area contributed by atoms with Crippen molar-refractivity contribution < 1.29 is 19.7 Å². The first kappa shape index (κ1) is 21.4. The van der Waals surface area contributed by atoms with Gasteiger partial charge in [0, 0.05) is 16.2 Å². The second kappa shape index (κ2) is 8.75. The average Bonchev–Trinajstić information content (AvgIpc) is 3.33. The largest absolute Gasteiger partial charge is 0.487 e. The number of H-pyrrole nitrogens is 1. The Hall–Kier alpha value is -2.80. The smallest absolute Gasteiger partial charge is 0.330 e. The third-order valence-corrected chi connectivity index (χ3v) is 5.48. The van der Waals surface area contributed by atoms with Crippen molar-refractivity contribution >= 4 is 15.9 Å². The summed E-state index contributed by atoms with van der Waals surface area (Å²) in [6.45, 7) is 1.22. The minimum atomic E-state index is -1.17. The van der Waals surface area contributed by atoms with Crippen molar-refractivity contribution in [1.29, 1.82) is 0 Å². The molecule has 0 bridgehead atoms. The van der Waals surface area contributed by atoms with Crippen LogP contribution in [0.2, 0.25) is 0 Å². The standard InChI is InChI=1S/C19H20BrN5O6/c1-10-6-24(19(29)21-17(10)28)18-15(16(27)14(8-26)31-18)25-7-12(22-23-25)9-30-13-4-2-3-11(20)5-13/h2-7,14-16,18,26-27H,8-9H2,1H3,(H,21,28,29)/t14-,15-,16-,18-/m1/s1. The third-order valence-electron chi connectivity index (χ3n) is 4.98. The Morgan fingerprint density at radius 2 is 2.13 bits per heavy atom. The van der Waals surface area contributed by atoms with Crippen molar-refractivity contribution in [3.05, 3.63) is 73.2 Å². The molecule has 2 aromatic heterocycles. The first-order valence-electron chi connectivity index (χ1n) is 9.43. The number of nitrogens with one attached hydrogen (secondary N) is 1. The van der Waals surface area contributed by atoms with Crippen LogP contribution in [0, 0.1) is 6.92 Å². The van der Waals surface area contributed by atoms with Gasteiger partial charge in [-0.25, -0.2) is 9.48 Å². The minimum Gasteiger partial charge on any atom is -0.487 e. The van der Waals surface area contributed by atoms with Crippen molar-refractivity contribution in [3.8, 4) is 5.75 Å². The van der Waals surface area contributed by atoms with E-state index in [9.17, 15) is 19.8 Å². The van der Waals surface area contributed by atoms with Crippen molar-refractivity contribution in [2.45, 2.75) is 38.0 Å². The molecule has 3 N–H and O–H groups in total. The quantitative estimate of drug-likeness (QED) is 0.443. The van der Waals surface area contributed by atoms with Gasteiger partial charge < -0.3 is 19.7 Å². The first-order chi connectivity index (χ1) is 14.9. The fourth-order valence-corrected chi connectivity index (χ4v) is 3.79. The van der Waals surface area contributed by atoms with Crippen LogP contribution >= 0.6 is 15.9 Å². The molecule has 3 heterocycles. The average molecular weight is 494 g/mol. The third kappa shape index (κ3) is 4.32. The molecule has 164 valence electrons. The molecule has 0 radical (unpaired) electrons. The zero-order valence-corrected chi connectivity index (χ0v) is 18.0. The number of halogens is 1. The van der Waals surface area contributed by atoms with Crippen molar-refractivity contribution in [2.24, 2.45) is 0 Å². The molecule has 1 fully saturated rings. The van der Waals surface area contributed by atoms with E-state index in [1.165, 1.54) is 15.4 Å². The predicted octanol–water partition coefficient (Wildman–Crippen LogP) is 0.270. The lowest BCUT2D eigenvalue weighted by Gasteiger charge is -2.21. The second-order valence-electron chi connectivity index (χ2n) is 7.14. The van der Waals surface area contributed by atoms with Crippen molar-refractivity contribution in [3.63, 3.8) is 0 Å². The molecule has 1 aliphatic heterocycles. The Labute approximate surface area is 184 Å². The van der Waals surface area contributed by atoms with Gasteiger partial charge in [-0.05, 0) is 25.1 Å². The van der Waals surface area contributed by atoms with Crippen LogP contribution in [0.25, 0.3) is 0 Å². The molecule has 4 atom stereocenters. The van der Waals surface area contributed by atoms with Gasteiger partial charge in [-0.1, -0.05) is 27.2 Å². The van der Waals surface area contributed by atoms with Crippen LogP contribution in [0.15, 0.2) is 50.7 Å². The van der Waals surface area contributed by atoms with Gasteiger partial charge in [-0.3, -0.25) is 14.3 Å². The summed E-state index contributed by atoms with van der Waals surface area (Å²) in [7, 11) is 0. The lowest BCUT2D eigenvalue weighted by Crippen LogP contribution is -2.37. The SMILES string of the molecule is Cc1cn([C@@H]2O[C@H](CO)[C@@H](O)[C@H]2n2cc(COc3cccc(Br)c3)nn2)c(=O)[nH]c1=O. The fraction of sp³-hybridized carbons (Fsp3) is 0.368. The first-order valence-corrected chi connectivity index (χ1v) is 10.2. The van der Waals surface area contributed by atoms with Crippen molar-refractivity contribution in [1.82, 2.24) is 24.5 Å². The number of nitrogens with zero attached hydrogens (tertiary/aromatic N) is 4. The van der Waals surface area contributed by atoms with E-state index in [1.54, 1.807) is 19.2 Å². The van der Waals surface area contributed by atoms with Crippen molar-refractivity contribution in [2.75, 3.05) is 6.61 Å². The highest BCUT2D eigenvalue weighted by Gasteiger charge is 2.46. The Bertz CT molecular complexity index is 1190. The summed E-state index contributed by atoms with van der Waals surface area (Å²) in [5.74, 6) is 0.640. The summed E-state index contributed by atoms with van der Waals surface area (Å²) in [6, 6.07) is 6.46. The molecule has 1 aromatic carbocycles. The van der Waals surface area contributed by atoms with Crippen LogP contribution < -0.4 is 16.0 Å². The molecule has 0 spiro atoms. The van der Waals surface area contributed by atoms with Crippen LogP contribution in [0.4, 0.5) is 0 Å². The minimum absolute atomic E-state index is 0.131. The van der Waals surface area contributed by atoms with Gasteiger partial charge in [0.2, 0.25) is 0 Å². The molecular weight excluding hydrogens is 474 g/mol. The van der Waals surface area contributed by atoms with Gasteiger partial charge in [-0.2, -0.15) is 0 Å². The van der Waals surface area contributed by atoms with Crippen LogP contribution in [0.5, 0.6) is 5.75 Å². The fourth-order valence-electron chi connectivity index (χ4n) is 3.41. The van der Waals surface area contributed by atoms with Crippen LogP contribution in [-0.2, 0) is 11.3 Å². The predicted molar refractivity (Wildman–Crippen MR) is 111 cm³/mol. The topological polar surface area (TPSA) is 144 Å². The number of hydrogen-bond donors (Lipinski definition) is 3. The summed E-state index contributed by atoms with van der Waals surface area (Å²) in [6.07, 6.45) is -0.212. The van der Waals surface area contributed by atoms with Gasteiger partial charge in [-0.15, -0.1) is 5.10 Å². The van der Waals surface area contributed by atoms with E-state index in [0.717, 1.165) is 4.47 Å². The summed E-state index contributed by atoms with van der Waals surface area (Å²) in [5.41, 5.74) is -0.425. The molecule has 31 heavy (non-hydrogen) atoms. The van der Waals surface area contributed by atoms with E-state index >= 15 is 0 Å². The van der Waals surface area contributed by atoms with E-state index in [1.807, 2.05) is 18.2 Å². The molecule has 0 saturated carbocycles. The zero-order chi connectivity index (χ0) is 22.1. The molecule has 0 aliphatic carbocycles. The molecule has 11 nitrogen and oxygen atoms in total. The Morgan fingerprint density at radius 3 is 2.87 bits per heavy atom. The summed E-state index contributed by atoms with van der Waals surface area (Å²) < 4.78 is 14.8. The monoisotopic (exact) mass is 493 g/mol. The summed E-state index contributed by atoms with van der Waals surface area (Å²) >= 11 is 3.38. The van der Waals surface area contributed by atoms with Gasteiger partial charge >= 0.3 is 5.69 Å². The lowest BCUT2D eigenvalue weighted by molar-refractivity contribution is -0.0480. The van der Waals surface area contributed by atoms with Gasteiger partial charge in [0.05, 0.1) is 12.8 Å². The highest BCUT2D eigenvalue weighted by Crippen LogP contribution is 2.37. The zero-order valence-electron chi connectivity index (χ0n) is 16.4. The number of ether oxygens (including phenoxy) is 2. The number of aliphatic hydroxyl groups is 2. The molecule has 4 rings (SSSR count). The number of aromatic nitrogens is 5. The van der Waals surface area contributed by atoms with E-state index in [4.69, 9.17) is 9.47 Å². The molecule has 0 amide bonds. The number of benzene rings is 1. The van der Waals surface area contributed by atoms with Gasteiger partial charge in [0.25, 0.3) is 5.56 Å². The van der Waals surface area contributed by atoms with Crippen LogP contribution in [-0.4, -0.2) is 53.6 Å². The summed E-state index contributed by atoms with van der Waals surface area (Å²) in [4.78, 5) is 26.3. The highest BCUT2D eigenvalue weighted by molar-refractivity contribution is 9.10. The summed E-state index contributed by atoms with van der Waals surface area (Å²) in [5, 5.41) is 28.4. The lowest BCUT2D eigenvalue weighted by atomic mass is 10.1. The van der Waals surface area contributed by atoms with Crippen LogP contribution in [0.1, 0.15) is 23.5 Å². The van der Waals surface area contributed by atoms with E-state index < -0.39 is 42.3 Å². The molecule has 1 aliphatic rings. The number of aryl methyl sites for hydroxylation is 1. The number of rotatable bonds is 6. The maximum atomic E-state index is 12.4. The number of aromatic amines is 1. The van der Waals surface area contributed by atoms with Gasteiger partial charge in [0.15, 0.2) is 6.23 Å². The Morgan fingerprint density at radius 1 is 1.32 bits per heavy atom. The molecule has 12 heteroatoms. The van der Waals surface area contributed by atoms with Crippen LogP contribution in [0.3, 0.4) is 0 Å². The molecule has 1 saturated heterocycles. The van der Waals surface area contributed by atoms with E-state index in [0.29, 0.717) is 17.0 Å². The normalized spacial score (nSPS) is 23.2. The molecule has 3 aromatic rings. The Kier molecular flexibility index (Phi) is 6.05. The second-order valence-corrected chi connectivity index (χ2v) is 8.06. The highest BCUT2D eigenvalue weighted by atomic mass is 79.9.